The molecule has 2 aliphatic rings. The number of amides is 1. The first kappa shape index (κ1) is 13.0. The summed E-state index contributed by atoms with van der Waals surface area (Å²) in [4.78, 5) is 14.8. The van der Waals surface area contributed by atoms with Gasteiger partial charge in [0.05, 0.1) is 0 Å². The van der Waals surface area contributed by atoms with Crippen LogP contribution < -0.4 is 5.73 Å². The molecule has 1 fully saturated rings. The molecule has 1 aromatic carbocycles. The molecular weight excluding hydrogens is 256 g/mol. The van der Waals surface area contributed by atoms with E-state index in [0.29, 0.717) is 6.54 Å². The predicted molar refractivity (Wildman–Crippen MR) is 79.1 cm³/mol. The quantitative estimate of drug-likeness (QED) is 0.898. The van der Waals surface area contributed by atoms with Crippen molar-refractivity contribution in [3.05, 3.63) is 35.4 Å². The van der Waals surface area contributed by atoms with Crippen LogP contribution in [0, 0.1) is 0 Å². The van der Waals surface area contributed by atoms with Crippen LogP contribution >= 0.6 is 11.8 Å². The molecule has 0 radical (unpaired) electrons. The minimum atomic E-state index is -0.0166. The van der Waals surface area contributed by atoms with Crippen LogP contribution in [0.5, 0.6) is 0 Å². The summed E-state index contributed by atoms with van der Waals surface area (Å²) in [6.45, 7) is 1.46. The summed E-state index contributed by atoms with van der Waals surface area (Å²) in [5.41, 5.74) is 8.34. The summed E-state index contributed by atoms with van der Waals surface area (Å²) >= 11 is 1.78. The highest BCUT2D eigenvalue weighted by atomic mass is 32.2. The number of hydrogen-bond donors (Lipinski definition) is 1. The maximum absolute atomic E-state index is 12.8. The fourth-order valence-electron chi connectivity index (χ4n) is 3.12. The van der Waals surface area contributed by atoms with Crippen molar-refractivity contribution >= 4 is 17.7 Å². The average molecular weight is 276 g/mol. The van der Waals surface area contributed by atoms with Crippen LogP contribution in [0.2, 0.25) is 0 Å². The minimum absolute atomic E-state index is 0.0166. The van der Waals surface area contributed by atoms with Crippen molar-refractivity contribution in [3.8, 4) is 0 Å². The van der Waals surface area contributed by atoms with Crippen molar-refractivity contribution in [3.63, 3.8) is 0 Å². The molecule has 1 amide bonds. The molecule has 2 aliphatic heterocycles. The molecule has 2 N–H and O–H groups in total. The first-order valence-electron chi connectivity index (χ1n) is 7.01. The van der Waals surface area contributed by atoms with Gasteiger partial charge in [0.2, 0.25) is 5.91 Å². The topological polar surface area (TPSA) is 46.3 Å². The van der Waals surface area contributed by atoms with Crippen molar-refractivity contribution in [2.24, 2.45) is 5.73 Å². The van der Waals surface area contributed by atoms with Crippen molar-refractivity contribution in [1.82, 2.24) is 4.90 Å². The molecule has 0 spiro atoms. The van der Waals surface area contributed by atoms with Gasteiger partial charge in [0.1, 0.15) is 5.25 Å². The van der Waals surface area contributed by atoms with Crippen molar-refractivity contribution in [2.45, 2.75) is 30.6 Å². The molecule has 2 unspecified atom stereocenters. The van der Waals surface area contributed by atoms with Gasteiger partial charge < -0.3 is 10.6 Å². The lowest BCUT2D eigenvalue weighted by atomic mass is 10.0. The largest absolute Gasteiger partial charge is 0.337 e. The van der Waals surface area contributed by atoms with Crippen molar-refractivity contribution in [2.75, 3.05) is 18.8 Å². The highest BCUT2D eigenvalue weighted by Crippen LogP contribution is 2.39. The van der Waals surface area contributed by atoms with Crippen LogP contribution in [0.15, 0.2) is 24.3 Å². The average Bonchev–Trinajstić information content (AvgIpc) is 2.94. The van der Waals surface area contributed by atoms with E-state index in [2.05, 4.69) is 18.2 Å². The molecule has 2 heterocycles. The molecule has 0 saturated carbocycles. The minimum Gasteiger partial charge on any atom is -0.337 e. The maximum Gasteiger partial charge on any atom is 0.240 e. The Labute approximate surface area is 118 Å². The van der Waals surface area contributed by atoms with E-state index < -0.39 is 0 Å². The molecule has 1 aromatic rings. The van der Waals surface area contributed by atoms with Crippen LogP contribution in [-0.4, -0.2) is 35.7 Å². The Morgan fingerprint density at radius 3 is 3.11 bits per heavy atom. The fraction of sp³-hybridized carbons (Fsp3) is 0.533. The number of aryl methyl sites for hydroxylation is 1. The lowest BCUT2D eigenvalue weighted by molar-refractivity contribution is -0.131. The van der Waals surface area contributed by atoms with E-state index in [4.69, 9.17) is 5.73 Å². The Kier molecular flexibility index (Phi) is 3.80. The monoisotopic (exact) mass is 276 g/mol. The van der Waals surface area contributed by atoms with Crippen molar-refractivity contribution < 1.29 is 4.79 Å². The summed E-state index contributed by atoms with van der Waals surface area (Å²) in [5, 5.41) is -0.0166. The van der Waals surface area contributed by atoms with E-state index in [1.54, 1.807) is 11.8 Å². The molecule has 4 heteroatoms. The smallest absolute Gasteiger partial charge is 0.240 e. The van der Waals surface area contributed by atoms with Gasteiger partial charge >= 0.3 is 0 Å². The number of thioether (sulfide) groups is 1. The number of carbonyl (C=O) groups excluding carboxylic acids is 1. The number of hydrogen-bond acceptors (Lipinski definition) is 3. The SMILES string of the molecule is NCC1CCCN1C(=O)C1SCCc2ccccc21. The number of benzene rings is 1. The number of likely N-dealkylation sites (tertiary alicyclic amines) is 1. The molecule has 102 valence electrons. The third-order valence-electron chi connectivity index (χ3n) is 4.15. The van der Waals surface area contributed by atoms with Crippen LogP contribution in [-0.2, 0) is 11.2 Å². The normalized spacial score (nSPS) is 26.3. The molecule has 0 aliphatic carbocycles. The van der Waals surface area contributed by atoms with Gasteiger partial charge in [-0.1, -0.05) is 24.3 Å². The molecule has 1 saturated heterocycles. The van der Waals surface area contributed by atoms with Crippen LogP contribution in [0.25, 0.3) is 0 Å². The standard InChI is InChI=1S/C15H20N2OS/c16-10-12-5-3-8-17(12)15(18)14-13-6-2-1-4-11(13)7-9-19-14/h1-2,4,6,12,14H,3,5,7-10,16H2. The molecular formula is C15H20N2OS. The van der Waals surface area contributed by atoms with E-state index in [1.807, 2.05) is 11.0 Å². The highest BCUT2D eigenvalue weighted by Gasteiger charge is 2.35. The van der Waals surface area contributed by atoms with Crippen LogP contribution in [0.1, 0.15) is 29.2 Å². The van der Waals surface area contributed by atoms with Gasteiger partial charge in [-0.3, -0.25) is 4.79 Å². The van der Waals surface area contributed by atoms with E-state index in [-0.39, 0.29) is 17.2 Å². The molecule has 2 atom stereocenters. The molecule has 0 aromatic heterocycles. The Morgan fingerprint density at radius 2 is 2.26 bits per heavy atom. The Balaban J connectivity index is 1.85. The third-order valence-corrected chi connectivity index (χ3v) is 5.38. The van der Waals surface area contributed by atoms with Gasteiger partial charge in [-0.05, 0) is 36.1 Å². The number of carbonyl (C=O) groups is 1. The van der Waals surface area contributed by atoms with Crippen molar-refractivity contribution in [1.29, 1.82) is 0 Å². The lowest BCUT2D eigenvalue weighted by Gasteiger charge is -2.31. The molecule has 0 bridgehead atoms. The summed E-state index contributed by atoms with van der Waals surface area (Å²) in [6, 6.07) is 8.61. The Hall–Kier alpha value is -1.00. The van der Waals surface area contributed by atoms with Gasteiger partial charge in [0, 0.05) is 19.1 Å². The van der Waals surface area contributed by atoms with E-state index in [9.17, 15) is 4.79 Å². The summed E-state index contributed by atoms with van der Waals surface area (Å²) in [7, 11) is 0. The molecule has 3 nitrogen and oxygen atoms in total. The van der Waals surface area contributed by atoms with Gasteiger partial charge in [-0.15, -0.1) is 11.8 Å². The Bertz CT molecular complexity index is 477. The van der Waals surface area contributed by atoms with Crippen LogP contribution in [0.4, 0.5) is 0 Å². The number of fused-ring (bicyclic) bond motifs is 1. The van der Waals surface area contributed by atoms with Crippen LogP contribution in [0.3, 0.4) is 0 Å². The fourth-order valence-corrected chi connectivity index (χ4v) is 4.38. The van der Waals surface area contributed by atoms with Gasteiger partial charge in [-0.2, -0.15) is 0 Å². The second-order valence-electron chi connectivity index (χ2n) is 5.26. The zero-order chi connectivity index (χ0) is 13.2. The van der Waals surface area contributed by atoms with Gasteiger partial charge in [0.15, 0.2) is 0 Å². The summed E-state index contributed by atoms with van der Waals surface area (Å²) in [6.07, 6.45) is 3.22. The molecule has 3 rings (SSSR count). The number of rotatable bonds is 2. The van der Waals surface area contributed by atoms with E-state index in [0.717, 1.165) is 31.6 Å². The number of nitrogens with two attached hydrogens (primary N) is 1. The molecule has 19 heavy (non-hydrogen) atoms. The summed E-state index contributed by atoms with van der Waals surface area (Å²) in [5.74, 6) is 1.30. The van der Waals surface area contributed by atoms with E-state index >= 15 is 0 Å². The summed E-state index contributed by atoms with van der Waals surface area (Å²) < 4.78 is 0. The first-order valence-corrected chi connectivity index (χ1v) is 8.06. The second-order valence-corrected chi connectivity index (χ2v) is 6.48. The maximum atomic E-state index is 12.8. The lowest BCUT2D eigenvalue weighted by Crippen LogP contribution is -2.42. The second kappa shape index (κ2) is 5.55. The zero-order valence-corrected chi connectivity index (χ0v) is 11.9. The number of nitrogens with zero attached hydrogens (tertiary/aromatic N) is 1. The van der Waals surface area contributed by atoms with E-state index in [1.165, 1.54) is 11.1 Å². The third kappa shape index (κ3) is 2.39. The predicted octanol–water partition coefficient (Wildman–Crippen LogP) is 1.97. The van der Waals surface area contributed by atoms with Gasteiger partial charge in [-0.25, -0.2) is 0 Å². The van der Waals surface area contributed by atoms with Gasteiger partial charge in [0.25, 0.3) is 0 Å². The Morgan fingerprint density at radius 1 is 1.42 bits per heavy atom. The highest BCUT2D eigenvalue weighted by molar-refractivity contribution is 8.00. The zero-order valence-electron chi connectivity index (χ0n) is 11.0. The first-order chi connectivity index (χ1) is 9.31.